The molecule has 1 nitrogen and oxygen atoms in total. The Morgan fingerprint density at radius 1 is 0.800 bits per heavy atom. The predicted molar refractivity (Wildman–Crippen MR) is 113 cm³/mol. The van der Waals surface area contributed by atoms with Crippen LogP contribution in [0.4, 0.5) is 17.6 Å². The van der Waals surface area contributed by atoms with E-state index in [0.717, 1.165) is 31.3 Å². The van der Waals surface area contributed by atoms with Gasteiger partial charge in [-0.1, -0.05) is 26.2 Å². The molecule has 2 atom stereocenters. The molecule has 2 unspecified atom stereocenters. The Labute approximate surface area is 180 Å². The van der Waals surface area contributed by atoms with Gasteiger partial charge in [-0.15, -0.1) is 0 Å². The fourth-order valence-electron chi connectivity index (χ4n) is 6.23. The molecule has 3 rings (SSSR count). The smallest absolute Gasteiger partial charge is 0.378 e. The Kier molecular flexibility index (Phi) is 9.09. The van der Waals surface area contributed by atoms with Crippen LogP contribution in [0, 0.1) is 29.6 Å². The maximum absolute atomic E-state index is 13.8. The van der Waals surface area contributed by atoms with E-state index in [9.17, 15) is 17.6 Å². The van der Waals surface area contributed by atoms with Crippen molar-refractivity contribution in [2.45, 2.75) is 109 Å². The van der Waals surface area contributed by atoms with Crippen LogP contribution in [-0.2, 0) is 4.74 Å². The van der Waals surface area contributed by atoms with Crippen LogP contribution in [0.2, 0.25) is 0 Å². The van der Waals surface area contributed by atoms with E-state index in [0.29, 0.717) is 30.8 Å². The molecule has 1 aliphatic heterocycles. The Bertz CT molecular complexity index is 520. The summed E-state index contributed by atoms with van der Waals surface area (Å²) >= 11 is 0. The number of hydrogen-bond donors (Lipinski definition) is 0. The molecule has 174 valence electrons. The maximum atomic E-state index is 13.8. The molecule has 1 saturated heterocycles. The van der Waals surface area contributed by atoms with Gasteiger partial charge in [0.1, 0.15) is 5.83 Å². The largest absolute Gasteiger partial charge is 0.412 e. The van der Waals surface area contributed by atoms with Crippen LogP contribution in [-0.4, -0.2) is 18.9 Å². The summed E-state index contributed by atoms with van der Waals surface area (Å²) in [5.74, 6) is 1.37. The Morgan fingerprint density at radius 2 is 1.40 bits per heavy atom. The molecule has 30 heavy (non-hydrogen) atoms. The molecule has 3 aliphatic rings. The predicted octanol–water partition coefficient (Wildman–Crippen LogP) is 8.39. The van der Waals surface area contributed by atoms with E-state index in [1.807, 2.05) is 0 Å². The van der Waals surface area contributed by atoms with Gasteiger partial charge in [0.25, 0.3) is 0 Å². The highest BCUT2D eigenvalue weighted by Crippen LogP contribution is 2.44. The lowest BCUT2D eigenvalue weighted by atomic mass is 9.68. The second kappa shape index (κ2) is 11.3. The number of alkyl halides is 3. The monoisotopic (exact) mass is 432 g/mol. The Morgan fingerprint density at radius 3 is 1.93 bits per heavy atom. The zero-order chi connectivity index (χ0) is 21.6. The average Bonchev–Trinajstić information content (AvgIpc) is 2.73. The molecule has 2 saturated carbocycles. The lowest BCUT2D eigenvalue weighted by Gasteiger charge is -2.38. The van der Waals surface area contributed by atoms with E-state index >= 15 is 0 Å². The zero-order valence-corrected chi connectivity index (χ0v) is 18.6. The first-order chi connectivity index (χ1) is 14.3. The molecule has 0 aromatic rings. The quantitative estimate of drug-likeness (QED) is 0.367. The molecule has 0 radical (unpaired) electrons. The molecule has 2 aliphatic carbocycles. The van der Waals surface area contributed by atoms with Crippen molar-refractivity contribution in [1.82, 2.24) is 0 Å². The van der Waals surface area contributed by atoms with Gasteiger partial charge in [0.05, 0.1) is 12.2 Å². The summed E-state index contributed by atoms with van der Waals surface area (Å²) in [6.07, 6.45) is 11.3. The maximum Gasteiger partial charge on any atom is 0.412 e. The van der Waals surface area contributed by atoms with Crippen LogP contribution >= 0.6 is 0 Å². The Hall–Kier alpha value is -0.580. The van der Waals surface area contributed by atoms with E-state index in [-0.39, 0.29) is 6.08 Å². The second-order valence-electron chi connectivity index (χ2n) is 10.2. The first-order valence-corrected chi connectivity index (χ1v) is 12.4. The number of hydrogen-bond acceptors (Lipinski definition) is 1. The van der Waals surface area contributed by atoms with Crippen molar-refractivity contribution in [3.8, 4) is 0 Å². The molecule has 3 fully saturated rings. The number of ether oxygens (including phenoxy) is 1. The van der Waals surface area contributed by atoms with Gasteiger partial charge in [0, 0.05) is 12.5 Å². The molecular formula is C25H40F4O. The van der Waals surface area contributed by atoms with E-state index in [1.165, 1.54) is 64.2 Å². The molecular weight excluding hydrogens is 392 g/mol. The fourth-order valence-corrected chi connectivity index (χ4v) is 6.23. The van der Waals surface area contributed by atoms with Crippen LogP contribution in [0.5, 0.6) is 0 Å². The molecule has 0 bridgehead atoms. The standard InChI is InChI=1S/C25H40F4O/c1-2-3-19-7-15-23(30-17-19)14-6-18-4-8-20(9-5-18)21-10-12-22(13-11-21)24(26)16-25(27,28)29/h16,18-23H,2-15,17H2,1H3/b24-16-. The molecule has 1 heterocycles. The molecule has 0 spiro atoms. The van der Waals surface area contributed by atoms with Crippen LogP contribution in [0.3, 0.4) is 0 Å². The van der Waals surface area contributed by atoms with Gasteiger partial charge in [-0.05, 0) is 94.3 Å². The van der Waals surface area contributed by atoms with Gasteiger partial charge < -0.3 is 4.74 Å². The van der Waals surface area contributed by atoms with Crippen LogP contribution < -0.4 is 0 Å². The van der Waals surface area contributed by atoms with Crippen molar-refractivity contribution >= 4 is 0 Å². The van der Waals surface area contributed by atoms with Crippen LogP contribution in [0.25, 0.3) is 0 Å². The number of rotatable bonds is 7. The van der Waals surface area contributed by atoms with Crippen molar-refractivity contribution in [2.75, 3.05) is 6.61 Å². The highest BCUT2D eigenvalue weighted by atomic mass is 19.4. The minimum absolute atomic E-state index is 0.136. The lowest BCUT2D eigenvalue weighted by molar-refractivity contribution is -0.0821. The summed E-state index contributed by atoms with van der Waals surface area (Å²) in [7, 11) is 0. The third-order valence-corrected chi connectivity index (χ3v) is 8.08. The third kappa shape index (κ3) is 7.53. The summed E-state index contributed by atoms with van der Waals surface area (Å²) in [6.45, 7) is 3.20. The van der Waals surface area contributed by atoms with E-state index < -0.39 is 17.9 Å². The van der Waals surface area contributed by atoms with Crippen LogP contribution in [0.1, 0.15) is 96.8 Å². The number of allylic oxidation sites excluding steroid dienone is 2. The topological polar surface area (TPSA) is 9.23 Å². The van der Waals surface area contributed by atoms with Gasteiger partial charge in [0.15, 0.2) is 0 Å². The van der Waals surface area contributed by atoms with Gasteiger partial charge >= 0.3 is 6.18 Å². The SMILES string of the molecule is CCCC1CCC(CCC2CCC(C3CCC(/C(F)=C/C(F)(F)F)CC3)CC2)OC1. The normalized spacial score (nSPS) is 36.6. The minimum atomic E-state index is -4.54. The molecule has 0 aromatic carbocycles. The summed E-state index contributed by atoms with van der Waals surface area (Å²) in [4.78, 5) is 0. The molecule has 0 amide bonds. The van der Waals surface area contributed by atoms with Crippen molar-refractivity contribution in [2.24, 2.45) is 29.6 Å². The van der Waals surface area contributed by atoms with Gasteiger partial charge in [-0.2, -0.15) is 13.2 Å². The van der Waals surface area contributed by atoms with Gasteiger partial charge in [0.2, 0.25) is 0 Å². The first kappa shape index (κ1) is 24.1. The summed E-state index contributed by atoms with van der Waals surface area (Å²) in [5, 5.41) is 0. The van der Waals surface area contributed by atoms with E-state index in [2.05, 4.69) is 6.92 Å². The molecule has 0 aromatic heterocycles. The summed E-state index contributed by atoms with van der Waals surface area (Å²) in [5.41, 5.74) is 0. The third-order valence-electron chi connectivity index (χ3n) is 8.08. The van der Waals surface area contributed by atoms with Crippen molar-refractivity contribution in [3.63, 3.8) is 0 Å². The minimum Gasteiger partial charge on any atom is -0.378 e. The molecule has 5 heteroatoms. The first-order valence-electron chi connectivity index (χ1n) is 12.4. The zero-order valence-electron chi connectivity index (χ0n) is 18.6. The highest BCUT2D eigenvalue weighted by molar-refractivity contribution is 5.03. The van der Waals surface area contributed by atoms with Crippen molar-refractivity contribution < 1.29 is 22.3 Å². The van der Waals surface area contributed by atoms with Gasteiger partial charge in [-0.25, -0.2) is 4.39 Å². The van der Waals surface area contributed by atoms with Crippen molar-refractivity contribution in [1.29, 1.82) is 0 Å². The summed E-state index contributed by atoms with van der Waals surface area (Å²) < 4.78 is 57.1. The van der Waals surface area contributed by atoms with Gasteiger partial charge in [-0.3, -0.25) is 0 Å². The highest BCUT2D eigenvalue weighted by Gasteiger charge is 2.34. The second-order valence-corrected chi connectivity index (χ2v) is 10.2. The number of halogens is 4. The fraction of sp³-hybridized carbons (Fsp3) is 0.920. The van der Waals surface area contributed by atoms with Crippen LogP contribution in [0.15, 0.2) is 11.9 Å². The van der Waals surface area contributed by atoms with Crippen molar-refractivity contribution in [3.05, 3.63) is 11.9 Å². The van der Waals surface area contributed by atoms with E-state index in [4.69, 9.17) is 4.74 Å². The van der Waals surface area contributed by atoms with E-state index in [1.54, 1.807) is 0 Å². The summed E-state index contributed by atoms with van der Waals surface area (Å²) in [6, 6.07) is 0. The average molecular weight is 433 g/mol. The Balaban J connectivity index is 1.31. The molecule has 0 N–H and O–H groups in total. The lowest BCUT2D eigenvalue weighted by Crippen LogP contribution is -2.28.